The predicted octanol–water partition coefficient (Wildman–Crippen LogP) is 1.69. The molecule has 1 amide bonds. The van der Waals surface area contributed by atoms with Crippen LogP contribution in [0.25, 0.3) is 0 Å². The minimum absolute atomic E-state index is 0.0275. The molecule has 1 aliphatic rings. The van der Waals surface area contributed by atoms with Crippen LogP contribution in [0.2, 0.25) is 0 Å². The van der Waals surface area contributed by atoms with Gasteiger partial charge in [-0.15, -0.1) is 0 Å². The average molecular weight is 272 g/mol. The van der Waals surface area contributed by atoms with Crippen LogP contribution in [0.3, 0.4) is 0 Å². The van der Waals surface area contributed by atoms with Gasteiger partial charge in [0.05, 0.1) is 5.56 Å². The highest BCUT2D eigenvalue weighted by atomic mass is 16.2. The lowest BCUT2D eigenvalue weighted by Gasteiger charge is -2.31. The molecule has 2 rings (SSSR count). The molecule has 0 aromatic carbocycles. The largest absolute Gasteiger partial charge is 0.384 e. The van der Waals surface area contributed by atoms with Crippen LogP contribution < -0.4 is 0 Å². The monoisotopic (exact) mass is 272 g/mol. The maximum atomic E-state index is 12.4. The van der Waals surface area contributed by atoms with E-state index in [4.69, 9.17) is 5.11 Å². The Balaban J connectivity index is 2.06. The molecular weight excluding hydrogens is 252 g/mol. The molecule has 106 valence electrons. The number of rotatable bonds is 2. The number of carbonyl (C=O) groups is 1. The molecule has 1 aliphatic heterocycles. The van der Waals surface area contributed by atoms with Crippen molar-refractivity contribution in [1.82, 2.24) is 9.88 Å². The van der Waals surface area contributed by atoms with E-state index in [0.29, 0.717) is 11.1 Å². The normalized spacial score (nSPS) is 15.6. The lowest BCUT2D eigenvalue weighted by atomic mass is 9.94. The quantitative estimate of drug-likeness (QED) is 0.834. The van der Waals surface area contributed by atoms with Crippen LogP contribution in [0, 0.1) is 17.8 Å². The Bertz CT molecular complexity index is 523. The van der Waals surface area contributed by atoms with Crippen molar-refractivity contribution in [3.63, 3.8) is 0 Å². The molecule has 0 spiro atoms. The van der Waals surface area contributed by atoms with E-state index in [2.05, 4.69) is 23.7 Å². The minimum atomic E-state index is -0.192. The van der Waals surface area contributed by atoms with Crippen LogP contribution in [-0.4, -0.2) is 40.6 Å². The Labute approximate surface area is 119 Å². The van der Waals surface area contributed by atoms with Crippen LogP contribution in [-0.2, 0) is 0 Å². The molecule has 1 N–H and O–H groups in total. The van der Waals surface area contributed by atoms with Gasteiger partial charge in [-0.2, -0.15) is 0 Å². The van der Waals surface area contributed by atoms with E-state index in [1.165, 1.54) is 6.42 Å². The smallest absolute Gasteiger partial charge is 0.255 e. The van der Waals surface area contributed by atoms with Crippen molar-refractivity contribution in [3.05, 3.63) is 29.6 Å². The summed E-state index contributed by atoms with van der Waals surface area (Å²) in [6.07, 6.45) is 6.54. The van der Waals surface area contributed by atoms with Crippen molar-refractivity contribution in [2.75, 3.05) is 19.7 Å². The lowest BCUT2D eigenvalue weighted by Crippen LogP contribution is -2.38. The zero-order valence-corrected chi connectivity index (χ0v) is 11.8. The lowest BCUT2D eigenvalue weighted by molar-refractivity contribution is 0.0688. The zero-order valence-electron chi connectivity index (χ0n) is 11.8. The number of hydrogen-bond acceptors (Lipinski definition) is 3. The van der Waals surface area contributed by atoms with Gasteiger partial charge in [0.1, 0.15) is 6.61 Å². The highest BCUT2D eigenvalue weighted by Gasteiger charge is 2.22. The number of carbonyl (C=O) groups excluding carboxylic acids is 1. The summed E-state index contributed by atoms with van der Waals surface area (Å²) < 4.78 is 0. The molecule has 0 atom stereocenters. The Morgan fingerprint density at radius 1 is 1.45 bits per heavy atom. The minimum Gasteiger partial charge on any atom is -0.384 e. The van der Waals surface area contributed by atoms with Gasteiger partial charge in [-0.1, -0.05) is 25.2 Å². The standard InChI is InChI=1S/C16H20N2O2/c1-2-13-5-7-18(8-6-13)16(20)15-10-14(4-3-9-19)11-17-12-15/h10-13,19H,2,5-9H2,1H3. The fourth-order valence-corrected chi connectivity index (χ4v) is 2.49. The Kier molecular flexibility index (Phi) is 5.14. The van der Waals surface area contributed by atoms with E-state index in [9.17, 15) is 4.79 Å². The Morgan fingerprint density at radius 2 is 2.20 bits per heavy atom. The molecule has 0 unspecified atom stereocenters. The summed E-state index contributed by atoms with van der Waals surface area (Å²) in [5.41, 5.74) is 1.23. The van der Waals surface area contributed by atoms with Gasteiger partial charge in [0, 0.05) is 31.0 Å². The van der Waals surface area contributed by atoms with Gasteiger partial charge in [-0.3, -0.25) is 9.78 Å². The summed E-state index contributed by atoms with van der Waals surface area (Å²) in [5.74, 6) is 6.12. The van der Waals surface area contributed by atoms with Gasteiger partial charge in [-0.05, 0) is 24.8 Å². The first-order valence-corrected chi connectivity index (χ1v) is 7.08. The van der Waals surface area contributed by atoms with E-state index in [1.807, 2.05) is 4.90 Å². The number of nitrogens with zero attached hydrogens (tertiary/aromatic N) is 2. The second-order valence-corrected chi connectivity index (χ2v) is 5.07. The number of piperidine rings is 1. The van der Waals surface area contributed by atoms with Crippen molar-refractivity contribution >= 4 is 5.91 Å². The van der Waals surface area contributed by atoms with Crippen LogP contribution in [0.15, 0.2) is 18.5 Å². The number of aliphatic hydroxyl groups is 1. The molecular formula is C16H20N2O2. The summed E-state index contributed by atoms with van der Waals surface area (Å²) in [5, 5.41) is 8.69. The first kappa shape index (κ1) is 14.5. The highest BCUT2D eigenvalue weighted by Crippen LogP contribution is 2.21. The van der Waals surface area contributed by atoms with Crippen molar-refractivity contribution < 1.29 is 9.90 Å². The first-order valence-electron chi connectivity index (χ1n) is 7.08. The first-order chi connectivity index (χ1) is 9.74. The average Bonchev–Trinajstić information content (AvgIpc) is 2.52. The fourth-order valence-electron chi connectivity index (χ4n) is 2.49. The summed E-state index contributed by atoms with van der Waals surface area (Å²) >= 11 is 0. The van der Waals surface area contributed by atoms with E-state index in [0.717, 1.165) is 31.8 Å². The van der Waals surface area contributed by atoms with Gasteiger partial charge >= 0.3 is 0 Å². The number of aliphatic hydroxyl groups excluding tert-OH is 1. The second kappa shape index (κ2) is 7.06. The number of hydrogen-bond donors (Lipinski definition) is 1. The molecule has 0 saturated carbocycles. The molecule has 1 aromatic rings. The third-order valence-electron chi connectivity index (χ3n) is 3.78. The van der Waals surface area contributed by atoms with Crippen LogP contribution in [0.1, 0.15) is 42.1 Å². The molecule has 0 bridgehead atoms. The topological polar surface area (TPSA) is 53.4 Å². The summed E-state index contributed by atoms with van der Waals surface area (Å²) in [7, 11) is 0. The van der Waals surface area contributed by atoms with Gasteiger partial charge in [0.25, 0.3) is 5.91 Å². The van der Waals surface area contributed by atoms with Crippen molar-refractivity contribution in [2.45, 2.75) is 26.2 Å². The Morgan fingerprint density at radius 3 is 2.85 bits per heavy atom. The van der Waals surface area contributed by atoms with Crippen molar-refractivity contribution in [2.24, 2.45) is 5.92 Å². The molecule has 1 fully saturated rings. The van der Waals surface area contributed by atoms with Gasteiger partial charge in [0.2, 0.25) is 0 Å². The van der Waals surface area contributed by atoms with E-state index in [1.54, 1.807) is 18.5 Å². The number of pyridine rings is 1. The molecule has 2 heterocycles. The summed E-state index contributed by atoms with van der Waals surface area (Å²) in [6.45, 7) is 3.66. The van der Waals surface area contributed by atoms with Gasteiger partial charge in [-0.25, -0.2) is 0 Å². The van der Waals surface area contributed by atoms with Crippen LogP contribution >= 0.6 is 0 Å². The van der Waals surface area contributed by atoms with Crippen LogP contribution in [0.5, 0.6) is 0 Å². The molecule has 1 saturated heterocycles. The highest BCUT2D eigenvalue weighted by molar-refractivity contribution is 5.94. The van der Waals surface area contributed by atoms with E-state index >= 15 is 0 Å². The number of likely N-dealkylation sites (tertiary alicyclic amines) is 1. The third kappa shape index (κ3) is 3.58. The van der Waals surface area contributed by atoms with Gasteiger partial charge < -0.3 is 10.0 Å². The van der Waals surface area contributed by atoms with Crippen molar-refractivity contribution in [3.8, 4) is 11.8 Å². The molecule has 20 heavy (non-hydrogen) atoms. The maximum absolute atomic E-state index is 12.4. The number of aromatic nitrogens is 1. The van der Waals surface area contributed by atoms with Gasteiger partial charge in [0.15, 0.2) is 0 Å². The molecule has 4 heteroatoms. The molecule has 4 nitrogen and oxygen atoms in total. The zero-order chi connectivity index (χ0) is 14.4. The SMILES string of the molecule is CCC1CCN(C(=O)c2cncc(C#CCO)c2)CC1. The Hall–Kier alpha value is -1.86. The van der Waals surface area contributed by atoms with E-state index < -0.39 is 0 Å². The third-order valence-corrected chi connectivity index (χ3v) is 3.78. The molecule has 0 radical (unpaired) electrons. The summed E-state index contributed by atoms with van der Waals surface area (Å²) in [4.78, 5) is 18.4. The second-order valence-electron chi connectivity index (χ2n) is 5.07. The molecule has 0 aliphatic carbocycles. The molecule has 1 aromatic heterocycles. The summed E-state index contributed by atoms with van der Waals surface area (Å²) in [6, 6.07) is 1.74. The van der Waals surface area contributed by atoms with Crippen molar-refractivity contribution in [1.29, 1.82) is 0 Å². The maximum Gasteiger partial charge on any atom is 0.255 e. The predicted molar refractivity (Wildman–Crippen MR) is 77.1 cm³/mol. The van der Waals surface area contributed by atoms with Crippen LogP contribution in [0.4, 0.5) is 0 Å². The fraction of sp³-hybridized carbons (Fsp3) is 0.500. The van der Waals surface area contributed by atoms with E-state index in [-0.39, 0.29) is 12.5 Å². The number of amides is 1.